The molecule has 0 radical (unpaired) electrons. The molecular weight excluding hydrogens is 256 g/mol. The van der Waals surface area contributed by atoms with Crippen LogP contribution in [0, 0.1) is 13.8 Å². The van der Waals surface area contributed by atoms with E-state index in [1.165, 1.54) is 0 Å². The molecule has 4 nitrogen and oxygen atoms in total. The molecule has 0 fully saturated rings. The Hall–Kier alpha value is -0.360. The third-order valence-electron chi connectivity index (χ3n) is 1.79. The second-order valence-corrected chi connectivity index (χ2v) is 5.61. The van der Waals surface area contributed by atoms with E-state index in [9.17, 15) is 8.42 Å². The van der Waals surface area contributed by atoms with Gasteiger partial charge in [0.25, 0.3) is 10.0 Å². The van der Waals surface area contributed by atoms with Crippen LogP contribution in [-0.2, 0) is 10.0 Å². The quantitative estimate of drug-likeness (QED) is 0.815. The van der Waals surface area contributed by atoms with Gasteiger partial charge in [-0.1, -0.05) is 0 Å². The van der Waals surface area contributed by atoms with Gasteiger partial charge in [-0.25, -0.2) is 8.42 Å². The molecule has 0 unspecified atom stereocenters. The number of hydrogen-bond acceptors (Lipinski definition) is 3. The molecule has 0 spiro atoms. The molecule has 13 heavy (non-hydrogen) atoms. The Kier molecular flexibility index (Phi) is 2.82. The minimum atomic E-state index is -3.25. The maximum atomic E-state index is 11.5. The van der Waals surface area contributed by atoms with Crippen molar-refractivity contribution >= 4 is 26.0 Å². The van der Waals surface area contributed by atoms with Gasteiger partial charge < -0.3 is 0 Å². The lowest BCUT2D eigenvalue weighted by Crippen LogP contribution is -2.17. The molecule has 6 heteroatoms. The molecule has 74 valence electrons. The highest BCUT2D eigenvalue weighted by Gasteiger charge is 2.17. The van der Waals surface area contributed by atoms with Crippen LogP contribution in [0.1, 0.15) is 18.3 Å². The van der Waals surface area contributed by atoms with Crippen molar-refractivity contribution in [3.63, 3.8) is 0 Å². The van der Waals surface area contributed by atoms with Crippen LogP contribution in [-0.4, -0.2) is 23.4 Å². The monoisotopic (exact) mass is 266 g/mol. The number of hydrogen-bond donors (Lipinski definition) is 0. The predicted molar refractivity (Wildman–Crippen MR) is 54.3 cm³/mol. The van der Waals surface area contributed by atoms with Crippen LogP contribution in [0.3, 0.4) is 0 Å². The van der Waals surface area contributed by atoms with E-state index in [-0.39, 0.29) is 5.75 Å². The summed E-state index contributed by atoms with van der Waals surface area (Å²) in [5, 5.41) is 3.93. The zero-order chi connectivity index (χ0) is 10.2. The maximum Gasteiger partial charge on any atom is 0.253 e. The van der Waals surface area contributed by atoms with Gasteiger partial charge in [0, 0.05) is 0 Å². The largest absolute Gasteiger partial charge is 0.253 e. The summed E-state index contributed by atoms with van der Waals surface area (Å²) in [6.07, 6.45) is 0. The van der Waals surface area contributed by atoms with Gasteiger partial charge >= 0.3 is 0 Å². The number of halogens is 1. The molecule has 0 aliphatic heterocycles. The van der Waals surface area contributed by atoms with Gasteiger partial charge in [-0.05, 0) is 36.7 Å². The van der Waals surface area contributed by atoms with E-state index in [1.807, 2.05) is 0 Å². The predicted octanol–water partition coefficient (Wildman–Crippen LogP) is 1.46. The third kappa shape index (κ3) is 1.78. The molecule has 1 heterocycles. The maximum absolute atomic E-state index is 11.5. The second kappa shape index (κ2) is 3.42. The van der Waals surface area contributed by atoms with E-state index in [4.69, 9.17) is 0 Å². The van der Waals surface area contributed by atoms with Gasteiger partial charge in [0.1, 0.15) is 0 Å². The van der Waals surface area contributed by atoms with Crippen molar-refractivity contribution in [2.75, 3.05) is 5.75 Å². The standard InChI is InChI=1S/C7H11BrN2O2S/c1-4-13(11,12)10-6(3)7(8)5(2)9-10/h4H2,1-3H3. The number of aromatic nitrogens is 2. The van der Waals surface area contributed by atoms with E-state index < -0.39 is 10.0 Å². The molecule has 0 saturated heterocycles. The summed E-state index contributed by atoms with van der Waals surface area (Å²) in [4.78, 5) is 0. The third-order valence-corrected chi connectivity index (χ3v) is 4.55. The van der Waals surface area contributed by atoms with E-state index in [1.54, 1.807) is 20.8 Å². The molecule has 1 rings (SSSR count). The minimum absolute atomic E-state index is 0.0569. The average molecular weight is 267 g/mol. The van der Waals surface area contributed by atoms with Crippen molar-refractivity contribution in [1.82, 2.24) is 9.19 Å². The van der Waals surface area contributed by atoms with Crippen LogP contribution < -0.4 is 0 Å². The summed E-state index contributed by atoms with van der Waals surface area (Å²) < 4.78 is 24.8. The highest BCUT2D eigenvalue weighted by Crippen LogP contribution is 2.20. The molecule has 0 aromatic carbocycles. The van der Waals surface area contributed by atoms with Gasteiger partial charge in [-0.3, -0.25) is 0 Å². The molecule has 0 N–H and O–H groups in total. The van der Waals surface area contributed by atoms with Gasteiger partial charge in [-0.15, -0.1) is 0 Å². The SMILES string of the molecule is CCS(=O)(=O)n1nc(C)c(Br)c1C. The van der Waals surface area contributed by atoms with E-state index >= 15 is 0 Å². The molecular formula is C7H11BrN2O2S. The number of aryl methyl sites for hydroxylation is 1. The Labute approximate surface area is 86.1 Å². The first-order valence-corrected chi connectivity index (χ1v) is 6.25. The molecule has 0 amide bonds. The summed E-state index contributed by atoms with van der Waals surface area (Å²) in [7, 11) is -3.25. The lowest BCUT2D eigenvalue weighted by atomic mass is 10.4. The normalized spacial score (nSPS) is 12.0. The molecule has 0 bridgehead atoms. The Morgan fingerprint density at radius 3 is 2.31 bits per heavy atom. The Balaban J connectivity index is 3.41. The highest BCUT2D eigenvalue weighted by molar-refractivity contribution is 9.10. The van der Waals surface area contributed by atoms with E-state index in [0.29, 0.717) is 11.4 Å². The molecule has 0 aliphatic rings. The summed E-state index contributed by atoms with van der Waals surface area (Å²) in [6, 6.07) is 0. The Morgan fingerprint density at radius 2 is 2.00 bits per heavy atom. The van der Waals surface area contributed by atoms with Crippen molar-refractivity contribution in [3.8, 4) is 0 Å². The summed E-state index contributed by atoms with van der Waals surface area (Å²) in [5.74, 6) is 0.0569. The van der Waals surface area contributed by atoms with Crippen molar-refractivity contribution < 1.29 is 8.42 Å². The van der Waals surface area contributed by atoms with Crippen molar-refractivity contribution in [3.05, 3.63) is 15.9 Å². The van der Waals surface area contributed by atoms with Crippen LogP contribution >= 0.6 is 15.9 Å². The van der Waals surface area contributed by atoms with Gasteiger partial charge in [0.15, 0.2) is 0 Å². The van der Waals surface area contributed by atoms with Crippen LogP contribution in [0.25, 0.3) is 0 Å². The fourth-order valence-corrected chi connectivity index (χ4v) is 2.36. The Morgan fingerprint density at radius 1 is 1.46 bits per heavy atom. The lowest BCUT2D eigenvalue weighted by Gasteiger charge is -2.02. The smallest absolute Gasteiger partial charge is 0.205 e. The van der Waals surface area contributed by atoms with Gasteiger partial charge in [0.2, 0.25) is 0 Å². The van der Waals surface area contributed by atoms with Crippen LogP contribution in [0.2, 0.25) is 0 Å². The molecule has 0 atom stereocenters. The van der Waals surface area contributed by atoms with Crippen molar-refractivity contribution in [2.45, 2.75) is 20.8 Å². The first kappa shape index (κ1) is 10.7. The zero-order valence-corrected chi connectivity index (χ0v) is 10.1. The molecule has 1 aromatic rings. The first-order chi connectivity index (χ1) is 5.90. The molecule has 0 saturated carbocycles. The fraction of sp³-hybridized carbons (Fsp3) is 0.571. The van der Waals surface area contributed by atoms with Crippen LogP contribution in [0.4, 0.5) is 0 Å². The summed E-state index contributed by atoms with van der Waals surface area (Å²) in [5.41, 5.74) is 1.31. The first-order valence-electron chi connectivity index (χ1n) is 3.85. The number of nitrogens with zero attached hydrogens (tertiary/aromatic N) is 2. The molecule has 0 aliphatic carbocycles. The van der Waals surface area contributed by atoms with Gasteiger partial charge in [-0.2, -0.15) is 9.19 Å². The fourth-order valence-electron chi connectivity index (χ4n) is 0.994. The zero-order valence-electron chi connectivity index (χ0n) is 7.70. The average Bonchev–Trinajstić information content (AvgIpc) is 2.33. The highest BCUT2D eigenvalue weighted by atomic mass is 79.9. The number of rotatable bonds is 2. The Bertz CT molecular complexity index is 422. The van der Waals surface area contributed by atoms with Gasteiger partial charge in [0.05, 0.1) is 21.6 Å². The second-order valence-electron chi connectivity index (χ2n) is 2.73. The van der Waals surface area contributed by atoms with Crippen LogP contribution in [0.15, 0.2) is 4.47 Å². The van der Waals surface area contributed by atoms with E-state index in [2.05, 4.69) is 21.0 Å². The summed E-state index contributed by atoms with van der Waals surface area (Å²) >= 11 is 3.27. The van der Waals surface area contributed by atoms with Crippen molar-refractivity contribution in [1.29, 1.82) is 0 Å². The topological polar surface area (TPSA) is 52.0 Å². The lowest BCUT2D eigenvalue weighted by molar-refractivity contribution is 0.579. The molecule has 1 aromatic heterocycles. The van der Waals surface area contributed by atoms with Crippen LogP contribution in [0.5, 0.6) is 0 Å². The minimum Gasteiger partial charge on any atom is -0.205 e. The van der Waals surface area contributed by atoms with E-state index in [0.717, 1.165) is 8.56 Å². The summed E-state index contributed by atoms with van der Waals surface area (Å²) in [6.45, 7) is 5.08. The van der Waals surface area contributed by atoms with Crippen molar-refractivity contribution in [2.24, 2.45) is 0 Å².